The van der Waals surface area contributed by atoms with Crippen molar-refractivity contribution in [1.82, 2.24) is 5.32 Å². The molecule has 1 aliphatic rings. The zero-order chi connectivity index (χ0) is 13.7. The number of rotatable bonds is 6. The Morgan fingerprint density at radius 2 is 2.05 bits per heavy atom. The Labute approximate surface area is 119 Å². The highest BCUT2D eigenvalue weighted by Gasteiger charge is 2.40. The molecule has 0 atom stereocenters. The number of hydrogen-bond acceptors (Lipinski definition) is 2. The third kappa shape index (κ3) is 3.48. The Hall–Kier alpha value is -1.06. The molecule has 0 radical (unpaired) electrons. The van der Waals surface area contributed by atoms with Crippen molar-refractivity contribution in [3.05, 3.63) is 34.9 Å². The molecule has 19 heavy (non-hydrogen) atoms. The number of halogens is 1. The smallest absolute Gasteiger partial charge is 0.220 e. The topological polar surface area (TPSA) is 38.3 Å². The van der Waals surface area contributed by atoms with Gasteiger partial charge in [-0.05, 0) is 30.5 Å². The van der Waals surface area contributed by atoms with E-state index in [-0.39, 0.29) is 11.3 Å². The molecule has 1 fully saturated rings. The van der Waals surface area contributed by atoms with Gasteiger partial charge in [0.05, 0.1) is 6.61 Å². The van der Waals surface area contributed by atoms with Crippen molar-refractivity contribution in [1.29, 1.82) is 0 Å². The minimum Gasteiger partial charge on any atom is -0.383 e. The first kappa shape index (κ1) is 14.4. The van der Waals surface area contributed by atoms with E-state index in [2.05, 4.69) is 5.32 Å². The summed E-state index contributed by atoms with van der Waals surface area (Å²) in [5.74, 6) is 0.103. The zero-order valence-electron chi connectivity index (χ0n) is 11.2. The molecule has 0 aromatic heterocycles. The maximum atomic E-state index is 12.0. The van der Waals surface area contributed by atoms with Crippen LogP contribution in [0.5, 0.6) is 0 Å². The molecule has 1 N–H and O–H groups in total. The average molecular weight is 282 g/mol. The highest BCUT2D eigenvalue weighted by molar-refractivity contribution is 6.30. The van der Waals surface area contributed by atoms with Crippen LogP contribution in [0.25, 0.3) is 0 Å². The summed E-state index contributed by atoms with van der Waals surface area (Å²) in [6.45, 7) is 1.13. The van der Waals surface area contributed by atoms with Gasteiger partial charge in [-0.1, -0.05) is 30.2 Å². The maximum Gasteiger partial charge on any atom is 0.220 e. The molecule has 0 bridgehead atoms. The Kier molecular flexibility index (Phi) is 4.83. The van der Waals surface area contributed by atoms with Crippen molar-refractivity contribution in [3.63, 3.8) is 0 Å². The largest absolute Gasteiger partial charge is 0.383 e. The van der Waals surface area contributed by atoms with Gasteiger partial charge in [-0.15, -0.1) is 0 Å². The van der Waals surface area contributed by atoms with Crippen LogP contribution in [0.4, 0.5) is 0 Å². The molecule has 0 unspecified atom stereocenters. The van der Waals surface area contributed by atoms with Gasteiger partial charge in [0.2, 0.25) is 5.91 Å². The average Bonchev–Trinajstić information content (AvgIpc) is 2.35. The van der Waals surface area contributed by atoms with Crippen molar-refractivity contribution in [2.24, 2.45) is 0 Å². The van der Waals surface area contributed by atoms with Crippen LogP contribution in [0.15, 0.2) is 24.3 Å². The molecule has 1 aromatic rings. The molecule has 0 spiro atoms. The number of methoxy groups -OCH3 is 1. The summed E-state index contributed by atoms with van der Waals surface area (Å²) in [4.78, 5) is 12.0. The van der Waals surface area contributed by atoms with Gasteiger partial charge >= 0.3 is 0 Å². The van der Waals surface area contributed by atoms with Gasteiger partial charge in [-0.2, -0.15) is 0 Å². The van der Waals surface area contributed by atoms with E-state index in [1.54, 1.807) is 7.11 Å². The van der Waals surface area contributed by atoms with Gasteiger partial charge in [0.15, 0.2) is 0 Å². The van der Waals surface area contributed by atoms with Gasteiger partial charge < -0.3 is 10.1 Å². The molecule has 3 nitrogen and oxygen atoms in total. The third-order valence-corrected chi connectivity index (χ3v) is 4.15. The van der Waals surface area contributed by atoms with E-state index < -0.39 is 0 Å². The number of ether oxygens (including phenoxy) is 1. The van der Waals surface area contributed by atoms with E-state index >= 15 is 0 Å². The molecule has 0 saturated heterocycles. The second-order valence-electron chi connectivity index (χ2n) is 5.16. The van der Waals surface area contributed by atoms with E-state index in [1.807, 2.05) is 24.3 Å². The Balaban J connectivity index is 1.98. The van der Waals surface area contributed by atoms with Gasteiger partial charge in [0, 0.05) is 30.5 Å². The van der Waals surface area contributed by atoms with E-state index in [0.29, 0.717) is 19.6 Å². The summed E-state index contributed by atoms with van der Waals surface area (Å²) in [7, 11) is 1.63. The molecule has 1 saturated carbocycles. The first-order valence-electron chi connectivity index (χ1n) is 6.68. The van der Waals surface area contributed by atoms with E-state index in [9.17, 15) is 4.79 Å². The summed E-state index contributed by atoms with van der Waals surface area (Å²) >= 11 is 5.92. The first-order chi connectivity index (χ1) is 9.16. The molecule has 1 aliphatic carbocycles. The predicted octanol–water partition coefficient (Wildman–Crippen LogP) is 2.91. The fraction of sp³-hybridized carbons (Fsp3) is 0.533. The van der Waals surface area contributed by atoms with Crippen LogP contribution in [0.1, 0.15) is 31.2 Å². The van der Waals surface area contributed by atoms with Crippen LogP contribution in [0.3, 0.4) is 0 Å². The van der Waals surface area contributed by atoms with Crippen molar-refractivity contribution in [3.8, 4) is 0 Å². The lowest BCUT2D eigenvalue weighted by Gasteiger charge is -2.42. The minimum atomic E-state index is 0.0156. The van der Waals surface area contributed by atoms with E-state index in [4.69, 9.17) is 16.3 Å². The predicted molar refractivity (Wildman–Crippen MR) is 76.5 cm³/mol. The lowest BCUT2D eigenvalue weighted by atomic mass is 9.62. The monoisotopic (exact) mass is 281 g/mol. The molecular weight excluding hydrogens is 262 g/mol. The van der Waals surface area contributed by atoms with Crippen LogP contribution in [0.2, 0.25) is 5.02 Å². The summed E-state index contributed by atoms with van der Waals surface area (Å²) < 4.78 is 4.93. The number of carbonyl (C=O) groups is 1. The summed E-state index contributed by atoms with van der Waals surface area (Å²) in [5, 5.41) is 3.64. The minimum absolute atomic E-state index is 0.0156. The second kappa shape index (κ2) is 6.40. The summed E-state index contributed by atoms with van der Waals surface area (Å²) in [6.07, 6.45) is 3.89. The molecule has 104 valence electrons. The summed E-state index contributed by atoms with van der Waals surface area (Å²) in [5.41, 5.74) is 1.24. The number of hydrogen-bond donors (Lipinski definition) is 1. The molecule has 0 aliphatic heterocycles. The van der Waals surface area contributed by atoms with Gasteiger partial charge in [-0.3, -0.25) is 4.79 Å². The second-order valence-corrected chi connectivity index (χ2v) is 5.60. The van der Waals surface area contributed by atoms with E-state index in [0.717, 1.165) is 17.9 Å². The van der Waals surface area contributed by atoms with Gasteiger partial charge in [0.25, 0.3) is 0 Å². The number of carbonyl (C=O) groups excluding carboxylic acids is 1. The van der Waals surface area contributed by atoms with Gasteiger partial charge in [-0.25, -0.2) is 0 Å². The van der Waals surface area contributed by atoms with Crippen LogP contribution in [-0.4, -0.2) is 26.2 Å². The Morgan fingerprint density at radius 3 is 2.58 bits per heavy atom. The molecule has 1 amide bonds. The van der Waals surface area contributed by atoms with Crippen LogP contribution >= 0.6 is 11.6 Å². The standard InChI is InChI=1S/C15H20ClNO2/c1-19-10-9-17-14(18)11-15(7-2-8-15)12-3-5-13(16)6-4-12/h3-6H,2,7-11H2,1H3,(H,17,18). The Morgan fingerprint density at radius 1 is 1.37 bits per heavy atom. The lowest BCUT2D eigenvalue weighted by molar-refractivity contribution is -0.123. The van der Waals surface area contributed by atoms with Crippen molar-refractivity contribution >= 4 is 17.5 Å². The fourth-order valence-corrected chi connectivity index (χ4v) is 2.76. The van der Waals surface area contributed by atoms with Crippen LogP contribution in [0, 0.1) is 0 Å². The number of nitrogens with one attached hydrogen (secondary N) is 1. The first-order valence-corrected chi connectivity index (χ1v) is 7.06. The van der Waals surface area contributed by atoms with Crippen molar-refractivity contribution < 1.29 is 9.53 Å². The highest BCUT2D eigenvalue weighted by atomic mass is 35.5. The SMILES string of the molecule is COCCNC(=O)CC1(c2ccc(Cl)cc2)CCC1. The van der Waals surface area contributed by atoms with Crippen LogP contribution in [-0.2, 0) is 14.9 Å². The molecule has 2 rings (SSSR count). The molecule has 1 aromatic carbocycles. The fourth-order valence-electron chi connectivity index (χ4n) is 2.64. The number of benzene rings is 1. The normalized spacial score (nSPS) is 16.7. The van der Waals surface area contributed by atoms with Crippen molar-refractivity contribution in [2.75, 3.05) is 20.3 Å². The lowest BCUT2D eigenvalue weighted by Crippen LogP contribution is -2.40. The van der Waals surface area contributed by atoms with E-state index in [1.165, 1.54) is 12.0 Å². The molecular formula is C15H20ClNO2. The molecule has 0 heterocycles. The third-order valence-electron chi connectivity index (χ3n) is 3.89. The summed E-state index contributed by atoms with van der Waals surface area (Å²) in [6, 6.07) is 7.90. The number of amides is 1. The van der Waals surface area contributed by atoms with Crippen LogP contribution < -0.4 is 5.32 Å². The molecule has 4 heteroatoms. The zero-order valence-corrected chi connectivity index (χ0v) is 12.0. The van der Waals surface area contributed by atoms with Gasteiger partial charge in [0.1, 0.15) is 0 Å². The maximum absolute atomic E-state index is 12.0. The Bertz CT molecular complexity index is 426. The highest BCUT2D eigenvalue weighted by Crippen LogP contribution is 2.46. The quantitative estimate of drug-likeness (QED) is 0.814. The van der Waals surface area contributed by atoms with Crippen molar-refractivity contribution in [2.45, 2.75) is 31.1 Å².